The van der Waals surface area contributed by atoms with Crippen molar-refractivity contribution in [1.29, 1.82) is 0 Å². The van der Waals surface area contributed by atoms with E-state index in [2.05, 4.69) is 55.1 Å². The topological polar surface area (TPSA) is 44.5 Å². The van der Waals surface area contributed by atoms with E-state index in [4.69, 9.17) is 0 Å². The van der Waals surface area contributed by atoms with E-state index in [9.17, 15) is 0 Å². The van der Waals surface area contributed by atoms with Crippen LogP contribution >= 0.6 is 15.9 Å². The zero-order chi connectivity index (χ0) is 14.0. The van der Waals surface area contributed by atoms with Gasteiger partial charge < -0.3 is 9.97 Å². The number of aromatic nitrogens is 3. The van der Waals surface area contributed by atoms with Crippen LogP contribution in [0.15, 0.2) is 53.1 Å². The average Bonchev–Trinajstić information content (AvgIpc) is 3.04. The van der Waals surface area contributed by atoms with Gasteiger partial charge in [-0.2, -0.15) is 0 Å². The third kappa shape index (κ3) is 1.45. The first kappa shape index (κ1) is 11.3. The van der Waals surface area contributed by atoms with Crippen molar-refractivity contribution in [3.63, 3.8) is 0 Å². The van der Waals surface area contributed by atoms with E-state index >= 15 is 0 Å². The lowest BCUT2D eigenvalue weighted by Gasteiger charge is -1.95. The summed E-state index contributed by atoms with van der Waals surface area (Å²) in [5, 5.41) is 3.57. The largest absolute Gasteiger partial charge is 0.353 e. The number of nitrogens with one attached hydrogen (secondary N) is 2. The minimum atomic E-state index is 1.03. The molecule has 0 bridgehead atoms. The molecular formula is C17H10BrN3. The van der Waals surface area contributed by atoms with Crippen LogP contribution < -0.4 is 0 Å². The number of hydrogen-bond donors (Lipinski definition) is 2. The maximum atomic E-state index is 4.64. The first-order valence-corrected chi connectivity index (χ1v) is 7.57. The zero-order valence-corrected chi connectivity index (χ0v) is 12.5. The van der Waals surface area contributed by atoms with Gasteiger partial charge in [0.15, 0.2) is 0 Å². The van der Waals surface area contributed by atoms with Gasteiger partial charge in [-0.05, 0) is 24.3 Å². The van der Waals surface area contributed by atoms with E-state index in [0.717, 1.165) is 32.1 Å². The fourth-order valence-electron chi connectivity index (χ4n) is 3.12. The van der Waals surface area contributed by atoms with Crippen LogP contribution in [0.2, 0.25) is 0 Å². The number of fused-ring (bicyclic) bond motifs is 7. The molecule has 2 N–H and O–H groups in total. The molecule has 2 aromatic carbocycles. The number of H-pyrrole nitrogens is 2. The van der Waals surface area contributed by atoms with Gasteiger partial charge in [-0.1, -0.05) is 34.1 Å². The summed E-state index contributed by atoms with van der Waals surface area (Å²) in [6, 6.07) is 14.6. The summed E-state index contributed by atoms with van der Waals surface area (Å²) in [6.45, 7) is 0. The minimum absolute atomic E-state index is 1.03. The van der Waals surface area contributed by atoms with E-state index in [1.807, 2.05) is 24.4 Å². The van der Waals surface area contributed by atoms with Gasteiger partial charge in [0.1, 0.15) is 0 Å². The highest BCUT2D eigenvalue weighted by molar-refractivity contribution is 9.10. The predicted octanol–water partition coefficient (Wildman–Crippen LogP) is 5.11. The molecule has 3 nitrogen and oxygen atoms in total. The van der Waals surface area contributed by atoms with Crippen molar-refractivity contribution >= 4 is 59.7 Å². The van der Waals surface area contributed by atoms with Crippen LogP contribution in [-0.4, -0.2) is 15.0 Å². The summed E-state index contributed by atoms with van der Waals surface area (Å²) >= 11 is 3.56. The Morgan fingerprint density at radius 1 is 0.857 bits per heavy atom. The third-order valence-electron chi connectivity index (χ3n) is 4.04. The first-order chi connectivity index (χ1) is 10.3. The number of rotatable bonds is 0. The molecule has 0 spiro atoms. The summed E-state index contributed by atoms with van der Waals surface area (Å²) in [7, 11) is 0. The molecule has 0 radical (unpaired) electrons. The number of benzene rings is 2. The maximum absolute atomic E-state index is 4.64. The second-order valence-electron chi connectivity index (χ2n) is 5.26. The summed E-state index contributed by atoms with van der Waals surface area (Å²) in [6.07, 6.45) is 1.92. The molecular weight excluding hydrogens is 326 g/mol. The molecule has 0 saturated heterocycles. The SMILES string of the molecule is Brc1ccc2[nH]c3cnc4c5ccccc5[nH]c4c3c2c1. The van der Waals surface area contributed by atoms with E-state index in [-0.39, 0.29) is 0 Å². The Hall–Kier alpha value is -2.33. The van der Waals surface area contributed by atoms with Gasteiger partial charge >= 0.3 is 0 Å². The van der Waals surface area contributed by atoms with Crippen molar-refractivity contribution < 1.29 is 0 Å². The fraction of sp³-hybridized carbons (Fsp3) is 0. The van der Waals surface area contributed by atoms with E-state index in [0.29, 0.717) is 0 Å². The number of para-hydroxylation sites is 1. The van der Waals surface area contributed by atoms with Crippen molar-refractivity contribution in [2.24, 2.45) is 0 Å². The van der Waals surface area contributed by atoms with E-state index in [1.165, 1.54) is 16.2 Å². The van der Waals surface area contributed by atoms with Crippen LogP contribution in [0.4, 0.5) is 0 Å². The standard InChI is InChI=1S/C17H10BrN3/c18-9-5-6-13-11(7-9)15-14(20-13)8-19-16-10-3-1-2-4-12(10)21-17(15)16/h1-8,20-21H. The molecule has 4 heteroatoms. The number of nitrogens with zero attached hydrogens (tertiary/aromatic N) is 1. The van der Waals surface area contributed by atoms with Gasteiger partial charge in [-0.15, -0.1) is 0 Å². The Kier molecular flexibility index (Phi) is 2.08. The van der Waals surface area contributed by atoms with Gasteiger partial charge in [-0.25, -0.2) is 0 Å². The molecule has 5 aromatic rings. The molecule has 0 aliphatic heterocycles. The molecule has 0 atom stereocenters. The lowest BCUT2D eigenvalue weighted by atomic mass is 10.1. The predicted molar refractivity (Wildman–Crippen MR) is 90.7 cm³/mol. The number of aromatic amines is 2. The zero-order valence-electron chi connectivity index (χ0n) is 10.9. The Bertz CT molecular complexity index is 1150. The van der Waals surface area contributed by atoms with Crippen molar-refractivity contribution in [1.82, 2.24) is 15.0 Å². The molecule has 0 fully saturated rings. The summed E-state index contributed by atoms with van der Waals surface area (Å²) in [4.78, 5) is 11.6. The highest BCUT2D eigenvalue weighted by atomic mass is 79.9. The molecule has 3 heterocycles. The van der Waals surface area contributed by atoms with E-state index < -0.39 is 0 Å². The Labute approximate surface area is 128 Å². The number of pyridine rings is 1. The first-order valence-electron chi connectivity index (χ1n) is 6.77. The van der Waals surface area contributed by atoms with Crippen LogP contribution in [0.25, 0.3) is 43.7 Å². The minimum Gasteiger partial charge on any atom is -0.353 e. The Balaban J connectivity index is 2.11. The van der Waals surface area contributed by atoms with E-state index in [1.54, 1.807) is 0 Å². The van der Waals surface area contributed by atoms with Crippen molar-refractivity contribution in [3.05, 3.63) is 53.1 Å². The van der Waals surface area contributed by atoms with Gasteiger partial charge in [0.25, 0.3) is 0 Å². The summed E-state index contributed by atoms with van der Waals surface area (Å²) in [5.74, 6) is 0. The van der Waals surface area contributed by atoms with Gasteiger partial charge in [0.2, 0.25) is 0 Å². The quantitative estimate of drug-likeness (QED) is 0.405. The molecule has 0 amide bonds. The third-order valence-corrected chi connectivity index (χ3v) is 4.53. The molecule has 0 aliphatic rings. The average molecular weight is 336 g/mol. The molecule has 21 heavy (non-hydrogen) atoms. The maximum Gasteiger partial charge on any atom is 0.0965 e. The molecule has 5 rings (SSSR count). The summed E-state index contributed by atoms with van der Waals surface area (Å²) in [5.41, 5.74) is 5.43. The summed E-state index contributed by atoms with van der Waals surface area (Å²) < 4.78 is 1.08. The van der Waals surface area contributed by atoms with Crippen LogP contribution in [0.3, 0.4) is 0 Å². The van der Waals surface area contributed by atoms with Crippen LogP contribution in [0, 0.1) is 0 Å². The van der Waals surface area contributed by atoms with Crippen molar-refractivity contribution in [2.75, 3.05) is 0 Å². The van der Waals surface area contributed by atoms with Gasteiger partial charge in [0, 0.05) is 31.7 Å². The Morgan fingerprint density at radius 2 is 1.71 bits per heavy atom. The van der Waals surface area contributed by atoms with Crippen molar-refractivity contribution in [2.45, 2.75) is 0 Å². The van der Waals surface area contributed by atoms with Crippen molar-refractivity contribution in [3.8, 4) is 0 Å². The molecule has 100 valence electrons. The van der Waals surface area contributed by atoms with Crippen LogP contribution in [0.5, 0.6) is 0 Å². The smallest absolute Gasteiger partial charge is 0.0965 e. The highest BCUT2D eigenvalue weighted by Gasteiger charge is 2.13. The molecule has 0 unspecified atom stereocenters. The molecule has 3 aromatic heterocycles. The number of halogens is 1. The fourth-order valence-corrected chi connectivity index (χ4v) is 3.48. The Morgan fingerprint density at radius 3 is 2.67 bits per heavy atom. The molecule has 0 saturated carbocycles. The highest BCUT2D eigenvalue weighted by Crippen LogP contribution is 2.34. The van der Waals surface area contributed by atoms with Gasteiger partial charge in [0.05, 0.1) is 22.7 Å². The normalized spacial score (nSPS) is 12.0. The van der Waals surface area contributed by atoms with Crippen LogP contribution in [0.1, 0.15) is 0 Å². The van der Waals surface area contributed by atoms with Crippen LogP contribution in [-0.2, 0) is 0 Å². The monoisotopic (exact) mass is 335 g/mol. The number of hydrogen-bond acceptors (Lipinski definition) is 1. The lowest BCUT2D eigenvalue weighted by Crippen LogP contribution is -1.77. The lowest BCUT2D eigenvalue weighted by molar-refractivity contribution is 1.42. The van der Waals surface area contributed by atoms with Gasteiger partial charge in [-0.3, -0.25) is 4.98 Å². The second-order valence-corrected chi connectivity index (χ2v) is 6.17. The second kappa shape index (κ2) is 3.86. The molecule has 0 aliphatic carbocycles.